The largest absolute Gasteiger partial charge is 0.303 e. The van der Waals surface area contributed by atoms with Crippen LogP contribution in [0.3, 0.4) is 0 Å². The second-order valence-corrected chi connectivity index (χ2v) is 2.11. The number of rotatable bonds is 2. The van der Waals surface area contributed by atoms with Crippen molar-refractivity contribution in [2.45, 2.75) is 0 Å². The van der Waals surface area contributed by atoms with Crippen LogP contribution in [0.5, 0.6) is 0 Å². The van der Waals surface area contributed by atoms with Crippen molar-refractivity contribution in [3.05, 3.63) is 0 Å². The van der Waals surface area contributed by atoms with Gasteiger partial charge in [-0.3, -0.25) is 0 Å². The van der Waals surface area contributed by atoms with E-state index in [1.165, 1.54) is 5.01 Å². The van der Waals surface area contributed by atoms with E-state index in [9.17, 15) is 4.21 Å². The Morgan fingerprint density at radius 2 is 2.25 bits per heavy atom. The van der Waals surface area contributed by atoms with Gasteiger partial charge in [-0.15, -0.1) is 0 Å². The topological polar surface area (TPSA) is 52.9 Å². The van der Waals surface area contributed by atoms with E-state index in [1.807, 2.05) is 0 Å². The minimum atomic E-state index is -1.92. The maximum atomic E-state index is 9.84. The molecule has 0 bridgehead atoms. The zero-order valence-electron chi connectivity index (χ0n) is 4.74. The van der Waals surface area contributed by atoms with Gasteiger partial charge in [0, 0.05) is 14.1 Å². The van der Waals surface area contributed by atoms with Crippen molar-refractivity contribution < 1.29 is 8.76 Å². The average Bonchev–Trinajstić information content (AvgIpc) is 1.61. The Hall–Kier alpha value is -0.420. The van der Waals surface area contributed by atoms with Crippen LogP contribution in [0.2, 0.25) is 0 Å². The molecule has 0 aliphatic heterocycles. The van der Waals surface area contributed by atoms with Gasteiger partial charge in [-0.05, 0) is 0 Å². The lowest BCUT2D eigenvalue weighted by molar-refractivity contribution is 0.440. The number of hydrazone groups is 1. The highest BCUT2D eigenvalue weighted by Gasteiger charge is 1.81. The van der Waals surface area contributed by atoms with Crippen molar-refractivity contribution in [2.75, 3.05) is 14.1 Å². The van der Waals surface area contributed by atoms with Gasteiger partial charge in [-0.1, -0.05) is 0 Å². The lowest BCUT2D eigenvalue weighted by Gasteiger charge is -1.99. The third kappa shape index (κ3) is 5.58. The first-order chi connectivity index (χ1) is 3.63. The Labute approximate surface area is 50.5 Å². The molecule has 5 heteroatoms. The molecule has 0 saturated heterocycles. The minimum absolute atomic E-state index is 0.944. The van der Waals surface area contributed by atoms with Crippen LogP contribution in [0.15, 0.2) is 5.10 Å². The van der Waals surface area contributed by atoms with Crippen LogP contribution in [0.4, 0.5) is 0 Å². The minimum Gasteiger partial charge on any atom is -0.303 e. The first-order valence-electron chi connectivity index (χ1n) is 1.94. The zero-order chi connectivity index (χ0) is 6.57. The summed E-state index contributed by atoms with van der Waals surface area (Å²) in [5, 5.41) is 4.92. The molecule has 0 radical (unpaired) electrons. The monoisotopic (exact) mass is 136 g/mol. The molecule has 0 aliphatic carbocycles. The Balaban J connectivity index is 3.50. The Morgan fingerprint density at radius 1 is 1.75 bits per heavy atom. The van der Waals surface area contributed by atoms with E-state index in [-0.39, 0.29) is 0 Å². The first kappa shape index (κ1) is 7.58. The highest BCUT2D eigenvalue weighted by atomic mass is 32.2. The molecular weight excluding hydrogens is 128 g/mol. The van der Waals surface area contributed by atoms with Crippen LogP contribution in [0, 0.1) is 0 Å². The molecule has 1 N–H and O–H groups in total. The van der Waals surface area contributed by atoms with Gasteiger partial charge in [0.05, 0.1) is 0 Å². The SMILES string of the molecule is CN(C)N=CS(=O)O. The summed E-state index contributed by atoms with van der Waals surface area (Å²) in [6.07, 6.45) is 0. The summed E-state index contributed by atoms with van der Waals surface area (Å²) in [7, 11) is 3.34. The molecule has 8 heavy (non-hydrogen) atoms. The van der Waals surface area contributed by atoms with Gasteiger partial charge in [0.15, 0.2) is 11.1 Å². The average molecular weight is 136 g/mol. The van der Waals surface area contributed by atoms with Crippen LogP contribution < -0.4 is 0 Å². The summed E-state index contributed by atoms with van der Waals surface area (Å²) < 4.78 is 17.9. The van der Waals surface area contributed by atoms with Gasteiger partial charge in [0.1, 0.15) is 5.55 Å². The van der Waals surface area contributed by atoms with Crippen molar-refractivity contribution in [2.24, 2.45) is 5.10 Å². The molecule has 0 fully saturated rings. The van der Waals surface area contributed by atoms with E-state index < -0.39 is 11.1 Å². The molecule has 0 saturated carbocycles. The molecule has 0 aromatic carbocycles. The van der Waals surface area contributed by atoms with Crippen molar-refractivity contribution in [3.8, 4) is 0 Å². The molecule has 0 heterocycles. The van der Waals surface area contributed by atoms with E-state index in [2.05, 4.69) is 5.10 Å². The van der Waals surface area contributed by atoms with Crippen LogP contribution in [0.1, 0.15) is 0 Å². The molecular formula is C3H8N2O2S. The number of nitrogens with zero attached hydrogens (tertiary/aromatic N) is 2. The maximum absolute atomic E-state index is 9.84. The van der Waals surface area contributed by atoms with Gasteiger partial charge < -0.3 is 9.56 Å². The second kappa shape index (κ2) is 3.57. The smallest absolute Gasteiger partial charge is 0.199 e. The van der Waals surface area contributed by atoms with Crippen LogP contribution in [0.25, 0.3) is 0 Å². The summed E-state index contributed by atoms with van der Waals surface area (Å²) in [5.41, 5.74) is 0.944. The standard InChI is InChI=1S/C3H8N2O2S/c1-5(2)4-3-8(6)7/h3H,1-2H3,(H,6,7). The summed E-state index contributed by atoms with van der Waals surface area (Å²) in [4.78, 5) is 0. The molecule has 0 aromatic heterocycles. The Bertz CT molecular complexity index is 112. The molecule has 0 amide bonds. The lowest BCUT2D eigenvalue weighted by Crippen LogP contribution is -2.02. The number of hydrogen-bond acceptors (Lipinski definition) is 3. The predicted octanol–water partition coefficient (Wildman–Crippen LogP) is -0.287. The number of hydrogen-bond donors (Lipinski definition) is 1. The summed E-state index contributed by atoms with van der Waals surface area (Å²) >= 11 is -1.92. The third-order valence-electron chi connectivity index (χ3n) is 0.368. The van der Waals surface area contributed by atoms with E-state index in [4.69, 9.17) is 4.55 Å². The molecule has 0 aliphatic rings. The highest BCUT2D eigenvalue weighted by Crippen LogP contribution is 1.72. The Morgan fingerprint density at radius 3 is 2.38 bits per heavy atom. The fourth-order valence-electron chi connectivity index (χ4n) is 0.135. The van der Waals surface area contributed by atoms with E-state index >= 15 is 0 Å². The fraction of sp³-hybridized carbons (Fsp3) is 0.667. The lowest BCUT2D eigenvalue weighted by atomic mass is 11.2. The summed E-state index contributed by atoms with van der Waals surface area (Å²) in [5.74, 6) is 0. The van der Waals surface area contributed by atoms with Crippen LogP contribution >= 0.6 is 0 Å². The van der Waals surface area contributed by atoms with Gasteiger partial charge in [-0.25, -0.2) is 4.21 Å². The van der Waals surface area contributed by atoms with Gasteiger partial charge in [0.2, 0.25) is 0 Å². The van der Waals surface area contributed by atoms with Crippen LogP contribution in [-0.4, -0.2) is 33.4 Å². The molecule has 0 aromatic rings. The molecule has 0 spiro atoms. The second-order valence-electron chi connectivity index (χ2n) is 1.34. The Kier molecular flexibility index (Phi) is 3.38. The van der Waals surface area contributed by atoms with Crippen molar-refractivity contribution in [1.82, 2.24) is 5.01 Å². The normalized spacial score (nSPS) is 14.4. The van der Waals surface area contributed by atoms with Crippen molar-refractivity contribution in [1.29, 1.82) is 0 Å². The third-order valence-corrected chi connectivity index (χ3v) is 0.643. The van der Waals surface area contributed by atoms with Crippen molar-refractivity contribution in [3.63, 3.8) is 0 Å². The van der Waals surface area contributed by atoms with Gasteiger partial charge in [-0.2, -0.15) is 5.10 Å². The van der Waals surface area contributed by atoms with Gasteiger partial charge in [0.25, 0.3) is 0 Å². The molecule has 1 atom stereocenters. The zero-order valence-corrected chi connectivity index (χ0v) is 5.55. The first-order valence-corrected chi connectivity index (χ1v) is 3.11. The molecule has 1 unspecified atom stereocenters. The summed E-state index contributed by atoms with van der Waals surface area (Å²) in [6.45, 7) is 0. The molecule has 48 valence electrons. The van der Waals surface area contributed by atoms with E-state index in [1.54, 1.807) is 14.1 Å². The van der Waals surface area contributed by atoms with E-state index in [0.29, 0.717) is 0 Å². The predicted molar refractivity (Wildman–Crippen MR) is 33.0 cm³/mol. The maximum Gasteiger partial charge on any atom is 0.199 e. The van der Waals surface area contributed by atoms with Crippen molar-refractivity contribution >= 4 is 16.6 Å². The van der Waals surface area contributed by atoms with Crippen LogP contribution in [-0.2, 0) is 11.1 Å². The molecule has 4 nitrogen and oxygen atoms in total. The highest BCUT2D eigenvalue weighted by molar-refractivity contribution is 7.93. The molecule has 0 rings (SSSR count). The fourth-order valence-corrected chi connectivity index (χ4v) is 0.404. The quantitative estimate of drug-likeness (QED) is 0.246. The summed E-state index contributed by atoms with van der Waals surface area (Å²) in [6, 6.07) is 0. The van der Waals surface area contributed by atoms with E-state index in [0.717, 1.165) is 5.55 Å². The van der Waals surface area contributed by atoms with Gasteiger partial charge >= 0.3 is 0 Å².